The lowest BCUT2D eigenvalue weighted by molar-refractivity contribution is 0.0600. The topological polar surface area (TPSA) is 72.2 Å². The molecule has 0 saturated heterocycles. The van der Waals surface area contributed by atoms with Gasteiger partial charge in [-0.25, -0.2) is 9.78 Å². The number of benzene rings is 2. The van der Waals surface area contributed by atoms with Crippen LogP contribution in [0.3, 0.4) is 0 Å². The quantitative estimate of drug-likeness (QED) is 0.476. The first kappa shape index (κ1) is 17.9. The van der Waals surface area contributed by atoms with Crippen LogP contribution < -0.4 is 4.74 Å². The van der Waals surface area contributed by atoms with Gasteiger partial charge in [0.05, 0.1) is 36.1 Å². The average Bonchev–Trinajstić information content (AvgIpc) is 3.07. The molecule has 0 aliphatic rings. The Bertz CT molecular complexity index is 1070. The number of nitrogens with zero attached hydrogens (tertiary/aromatic N) is 2. The molecule has 5 nitrogen and oxygen atoms in total. The number of esters is 1. The highest BCUT2D eigenvalue weighted by Crippen LogP contribution is 2.34. The number of thiazole rings is 1. The van der Waals surface area contributed by atoms with Crippen molar-refractivity contribution in [2.45, 2.75) is 0 Å². The average molecular weight is 385 g/mol. The van der Waals surface area contributed by atoms with Crippen molar-refractivity contribution in [2.75, 3.05) is 14.2 Å². The second kappa shape index (κ2) is 7.56. The molecule has 0 fully saturated rings. The van der Waals surface area contributed by atoms with Crippen molar-refractivity contribution in [3.8, 4) is 11.8 Å². The molecule has 1 aromatic heterocycles. The summed E-state index contributed by atoms with van der Waals surface area (Å²) < 4.78 is 10.9. The number of fused-ring (bicyclic) bond motifs is 1. The number of halogens is 1. The van der Waals surface area contributed by atoms with Crippen LogP contribution in [-0.2, 0) is 4.74 Å². The molecule has 0 aliphatic heterocycles. The zero-order valence-corrected chi connectivity index (χ0v) is 15.5. The van der Waals surface area contributed by atoms with E-state index in [-0.39, 0.29) is 0 Å². The summed E-state index contributed by atoms with van der Waals surface area (Å²) in [5.41, 5.74) is 2.04. The standard InChI is InChI=1S/C19H13ClN2O3S/c1-24-15-7-11(19(23)25-2)8-16-18(15)22-17(26-16)9-12(10-21)13-5-3-4-6-14(13)20/h3-9H,1-2H3/b12-9+. The molecule has 2 aromatic carbocycles. The van der Waals surface area contributed by atoms with E-state index in [9.17, 15) is 10.1 Å². The van der Waals surface area contributed by atoms with Crippen molar-refractivity contribution in [3.63, 3.8) is 0 Å². The lowest BCUT2D eigenvalue weighted by atomic mass is 10.1. The molecule has 3 rings (SSSR count). The van der Waals surface area contributed by atoms with Crippen LogP contribution in [0.5, 0.6) is 5.75 Å². The van der Waals surface area contributed by atoms with Crippen LogP contribution in [0.15, 0.2) is 36.4 Å². The number of nitriles is 1. The van der Waals surface area contributed by atoms with Crippen molar-refractivity contribution in [1.82, 2.24) is 4.98 Å². The normalized spacial score (nSPS) is 11.2. The first-order valence-corrected chi connectivity index (χ1v) is 8.70. The van der Waals surface area contributed by atoms with Crippen molar-refractivity contribution in [1.29, 1.82) is 5.26 Å². The van der Waals surface area contributed by atoms with Crippen molar-refractivity contribution >= 4 is 50.8 Å². The Balaban J connectivity index is 2.13. The number of carbonyl (C=O) groups excluding carboxylic acids is 1. The summed E-state index contributed by atoms with van der Waals surface area (Å²) in [6.45, 7) is 0. The Labute approximate surface area is 159 Å². The van der Waals surface area contributed by atoms with Gasteiger partial charge < -0.3 is 9.47 Å². The van der Waals surface area contributed by atoms with Crippen LogP contribution in [-0.4, -0.2) is 25.2 Å². The molecule has 0 unspecified atom stereocenters. The molecule has 0 amide bonds. The summed E-state index contributed by atoms with van der Waals surface area (Å²) >= 11 is 7.53. The summed E-state index contributed by atoms with van der Waals surface area (Å²) in [5, 5.41) is 10.6. The number of allylic oxidation sites excluding steroid dienone is 1. The van der Waals surface area contributed by atoms with E-state index >= 15 is 0 Å². The van der Waals surface area contributed by atoms with Crippen LogP contribution in [0.25, 0.3) is 21.9 Å². The lowest BCUT2D eigenvalue weighted by Gasteiger charge is -2.03. The smallest absolute Gasteiger partial charge is 0.338 e. The molecule has 0 spiro atoms. The van der Waals surface area contributed by atoms with E-state index in [1.807, 2.05) is 6.07 Å². The molecule has 1 heterocycles. The molecular formula is C19H13ClN2O3S. The molecule has 0 N–H and O–H groups in total. The minimum atomic E-state index is -0.454. The molecule has 0 saturated carbocycles. The van der Waals surface area contributed by atoms with E-state index in [1.54, 1.807) is 36.4 Å². The number of aromatic nitrogens is 1. The summed E-state index contributed by atoms with van der Waals surface area (Å²) in [6, 6.07) is 12.6. The van der Waals surface area contributed by atoms with E-state index in [4.69, 9.17) is 21.1 Å². The van der Waals surface area contributed by atoms with Crippen molar-refractivity contribution < 1.29 is 14.3 Å². The maximum atomic E-state index is 11.8. The number of ether oxygens (including phenoxy) is 2. The predicted molar refractivity (Wildman–Crippen MR) is 102 cm³/mol. The Hall–Kier alpha value is -2.88. The van der Waals surface area contributed by atoms with Crippen molar-refractivity contribution in [3.05, 3.63) is 57.6 Å². The Morgan fingerprint density at radius 3 is 2.73 bits per heavy atom. The van der Waals surface area contributed by atoms with Gasteiger partial charge in [-0.1, -0.05) is 29.8 Å². The highest BCUT2D eigenvalue weighted by Gasteiger charge is 2.15. The predicted octanol–water partition coefficient (Wildman–Crippen LogP) is 4.81. The summed E-state index contributed by atoms with van der Waals surface area (Å²) in [4.78, 5) is 16.3. The first-order valence-electron chi connectivity index (χ1n) is 7.51. The maximum absolute atomic E-state index is 11.8. The molecule has 130 valence electrons. The van der Waals surface area contributed by atoms with Gasteiger partial charge in [-0.3, -0.25) is 0 Å². The molecule has 3 aromatic rings. The van der Waals surface area contributed by atoms with E-state index in [0.29, 0.717) is 38.0 Å². The van der Waals surface area contributed by atoms with E-state index < -0.39 is 5.97 Å². The minimum absolute atomic E-state index is 0.377. The Morgan fingerprint density at radius 2 is 2.08 bits per heavy atom. The summed E-state index contributed by atoms with van der Waals surface area (Å²) in [5.74, 6) is 0.0134. The number of rotatable bonds is 4. The minimum Gasteiger partial charge on any atom is -0.494 e. The molecule has 0 radical (unpaired) electrons. The van der Waals surface area contributed by atoms with Crippen LogP contribution in [0.1, 0.15) is 20.9 Å². The lowest BCUT2D eigenvalue weighted by Crippen LogP contribution is -2.01. The van der Waals surface area contributed by atoms with Gasteiger partial charge >= 0.3 is 5.97 Å². The van der Waals surface area contributed by atoms with Crippen LogP contribution >= 0.6 is 22.9 Å². The number of hydrogen-bond donors (Lipinski definition) is 0. The molecular weight excluding hydrogens is 372 g/mol. The van der Waals surface area contributed by atoms with Gasteiger partial charge in [-0.05, 0) is 24.3 Å². The zero-order valence-electron chi connectivity index (χ0n) is 13.9. The van der Waals surface area contributed by atoms with Gasteiger partial charge in [0.2, 0.25) is 0 Å². The van der Waals surface area contributed by atoms with E-state index in [1.165, 1.54) is 25.6 Å². The van der Waals surface area contributed by atoms with Crippen LogP contribution in [0.4, 0.5) is 0 Å². The first-order chi connectivity index (χ1) is 12.6. The number of methoxy groups -OCH3 is 2. The largest absolute Gasteiger partial charge is 0.494 e. The fraction of sp³-hybridized carbons (Fsp3) is 0.105. The summed E-state index contributed by atoms with van der Waals surface area (Å²) in [7, 11) is 2.83. The fourth-order valence-electron chi connectivity index (χ4n) is 2.44. The Kier molecular flexibility index (Phi) is 5.21. The highest BCUT2D eigenvalue weighted by atomic mass is 35.5. The molecule has 0 bridgehead atoms. The molecule has 0 atom stereocenters. The summed E-state index contributed by atoms with van der Waals surface area (Å²) in [6.07, 6.45) is 1.67. The van der Waals surface area contributed by atoms with E-state index in [0.717, 1.165) is 4.70 Å². The SMILES string of the molecule is COC(=O)c1cc(OC)c2nc(/C=C(\C#N)c3ccccc3Cl)sc2c1. The second-order valence-corrected chi connectivity index (χ2v) is 6.69. The monoisotopic (exact) mass is 384 g/mol. The third kappa shape index (κ3) is 3.40. The van der Waals surface area contributed by atoms with Crippen LogP contribution in [0, 0.1) is 11.3 Å². The third-order valence-electron chi connectivity index (χ3n) is 3.67. The van der Waals surface area contributed by atoms with E-state index in [2.05, 4.69) is 11.1 Å². The van der Waals surface area contributed by atoms with Crippen LogP contribution in [0.2, 0.25) is 5.02 Å². The fourth-order valence-corrected chi connectivity index (χ4v) is 3.65. The van der Waals surface area contributed by atoms with Gasteiger partial charge in [-0.15, -0.1) is 11.3 Å². The third-order valence-corrected chi connectivity index (χ3v) is 4.95. The van der Waals surface area contributed by atoms with Gasteiger partial charge in [0.15, 0.2) is 0 Å². The highest BCUT2D eigenvalue weighted by molar-refractivity contribution is 7.19. The van der Waals surface area contributed by atoms with Gasteiger partial charge in [0.25, 0.3) is 0 Å². The maximum Gasteiger partial charge on any atom is 0.338 e. The van der Waals surface area contributed by atoms with Gasteiger partial charge in [0.1, 0.15) is 16.3 Å². The van der Waals surface area contributed by atoms with Crippen molar-refractivity contribution in [2.24, 2.45) is 0 Å². The van der Waals surface area contributed by atoms with Gasteiger partial charge in [-0.2, -0.15) is 5.26 Å². The molecule has 0 aliphatic carbocycles. The molecule has 26 heavy (non-hydrogen) atoms. The zero-order chi connectivity index (χ0) is 18.7. The molecule has 7 heteroatoms. The second-order valence-electron chi connectivity index (χ2n) is 5.22. The number of hydrogen-bond acceptors (Lipinski definition) is 6. The number of carbonyl (C=O) groups is 1. The Morgan fingerprint density at radius 1 is 1.31 bits per heavy atom. The van der Waals surface area contributed by atoms with Gasteiger partial charge in [0, 0.05) is 10.6 Å².